The first kappa shape index (κ1) is 10.5. The zero-order valence-electron chi connectivity index (χ0n) is 7.47. The molecule has 3 N–H and O–H groups in total. The highest BCUT2D eigenvalue weighted by atomic mass is 35.5. The van der Waals surface area contributed by atoms with E-state index in [1.807, 2.05) is 5.43 Å². The summed E-state index contributed by atoms with van der Waals surface area (Å²) in [6.07, 6.45) is 0. The number of nitrogens with zero attached hydrogens (tertiary/aromatic N) is 1. The third kappa shape index (κ3) is 2.43. The topological polar surface area (TPSA) is 77.3 Å². The van der Waals surface area contributed by atoms with Gasteiger partial charge in [-0.15, -0.1) is 0 Å². The molecule has 0 unspecified atom stereocenters. The number of carbonyl (C=O) groups is 1. The summed E-state index contributed by atoms with van der Waals surface area (Å²) in [5.41, 5.74) is 9.73. The van der Waals surface area contributed by atoms with Crippen LogP contribution in [0.4, 0.5) is 10.5 Å². The van der Waals surface area contributed by atoms with E-state index in [4.69, 9.17) is 17.1 Å². The lowest BCUT2D eigenvalue weighted by Gasteiger charge is -2.07. The van der Waals surface area contributed by atoms with Crippen LogP contribution in [0.1, 0.15) is 5.56 Å². The van der Waals surface area contributed by atoms with Crippen molar-refractivity contribution in [3.05, 3.63) is 28.8 Å². The van der Waals surface area contributed by atoms with Crippen molar-refractivity contribution >= 4 is 23.3 Å². The average Bonchev–Trinajstić information content (AvgIpc) is 2.13. The van der Waals surface area contributed by atoms with Crippen LogP contribution in [0.3, 0.4) is 0 Å². The molecule has 14 heavy (non-hydrogen) atoms. The van der Waals surface area contributed by atoms with Gasteiger partial charge in [-0.1, -0.05) is 22.9 Å². The van der Waals surface area contributed by atoms with E-state index < -0.39 is 6.03 Å². The summed E-state index contributed by atoms with van der Waals surface area (Å²) in [6, 6.07) is 4.60. The van der Waals surface area contributed by atoms with E-state index in [1.54, 1.807) is 25.1 Å². The number of anilines is 1. The van der Waals surface area contributed by atoms with Gasteiger partial charge in [0.25, 0.3) is 0 Å². The molecule has 0 aliphatic carbocycles. The zero-order valence-corrected chi connectivity index (χ0v) is 8.22. The monoisotopic (exact) mass is 212 g/mol. The molecule has 0 bridgehead atoms. The summed E-state index contributed by atoms with van der Waals surface area (Å²) in [5, 5.41) is 5.82. The Morgan fingerprint density at radius 3 is 2.93 bits per heavy atom. The molecule has 0 saturated carbocycles. The number of amides is 2. The van der Waals surface area contributed by atoms with Crippen molar-refractivity contribution in [2.24, 2.45) is 5.22 Å². The van der Waals surface area contributed by atoms with E-state index in [2.05, 4.69) is 10.5 Å². The molecule has 1 rings (SSSR count). The SMILES string of the molecule is Cc1c(Cl)cccc1NC(=O)NN=N. The fraction of sp³-hybridized carbons (Fsp3) is 0.125. The molecule has 5 nitrogen and oxygen atoms in total. The lowest BCUT2D eigenvalue weighted by Crippen LogP contribution is -2.23. The van der Waals surface area contributed by atoms with Crippen LogP contribution in [0.15, 0.2) is 23.4 Å². The Hall–Kier alpha value is -1.62. The van der Waals surface area contributed by atoms with Gasteiger partial charge < -0.3 is 5.32 Å². The summed E-state index contributed by atoms with van der Waals surface area (Å²) in [5.74, 6) is 0. The van der Waals surface area contributed by atoms with Crippen molar-refractivity contribution in [2.45, 2.75) is 6.92 Å². The van der Waals surface area contributed by atoms with Crippen LogP contribution in [-0.2, 0) is 0 Å². The third-order valence-electron chi connectivity index (χ3n) is 1.67. The van der Waals surface area contributed by atoms with Crippen LogP contribution in [0.2, 0.25) is 5.02 Å². The normalized spacial score (nSPS) is 9.29. The van der Waals surface area contributed by atoms with Crippen LogP contribution in [0.25, 0.3) is 0 Å². The lowest BCUT2D eigenvalue weighted by atomic mass is 10.2. The number of halogens is 1. The molecule has 1 aromatic rings. The molecule has 0 fully saturated rings. The van der Waals surface area contributed by atoms with Crippen molar-refractivity contribution in [3.8, 4) is 0 Å². The minimum absolute atomic E-state index is 0.564. The van der Waals surface area contributed by atoms with E-state index in [0.29, 0.717) is 10.7 Å². The van der Waals surface area contributed by atoms with Crippen molar-refractivity contribution in [1.82, 2.24) is 5.43 Å². The summed E-state index contributed by atoms with van der Waals surface area (Å²) in [7, 11) is 0. The summed E-state index contributed by atoms with van der Waals surface area (Å²) < 4.78 is 0. The first-order valence-electron chi connectivity index (χ1n) is 3.83. The van der Waals surface area contributed by atoms with Gasteiger partial charge in [0.1, 0.15) is 0 Å². The molecule has 74 valence electrons. The smallest absolute Gasteiger partial charge is 0.306 e. The van der Waals surface area contributed by atoms with Crippen LogP contribution in [-0.4, -0.2) is 6.03 Å². The summed E-state index contributed by atoms with van der Waals surface area (Å²) in [4.78, 5) is 11.0. The second kappa shape index (κ2) is 4.57. The number of nitrogens with one attached hydrogen (secondary N) is 3. The highest BCUT2D eigenvalue weighted by molar-refractivity contribution is 6.31. The van der Waals surface area contributed by atoms with E-state index >= 15 is 0 Å². The maximum absolute atomic E-state index is 11.0. The Morgan fingerprint density at radius 1 is 1.57 bits per heavy atom. The van der Waals surface area contributed by atoms with E-state index in [9.17, 15) is 4.79 Å². The summed E-state index contributed by atoms with van der Waals surface area (Å²) in [6.45, 7) is 1.79. The fourth-order valence-electron chi connectivity index (χ4n) is 0.944. The van der Waals surface area contributed by atoms with Gasteiger partial charge in [-0.05, 0) is 24.6 Å². The van der Waals surface area contributed by atoms with Crippen molar-refractivity contribution in [3.63, 3.8) is 0 Å². The zero-order chi connectivity index (χ0) is 10.6. The molecular formula is C8H9ClN4O. The Kier molecular flexibility index (Phi) is 3.41. The van der Waals surface area contributed by atoms with E-state index in [1.165, 1.54) is 0 Å². The van der Waals surface area contributed by atoms with E-state index in [-0.39, 0.29) is 0 Å². The van der Waals surface area contributed by atoms with Crippen LogP contribution < -0.4 is 10.7 Å². The Labute approximate surface area is 85.9 Å². The molecule has 0 atom stereocenters. The highest BCUT2D eigenvalue weighted by Crippen LogP contribution is 2.22. The molecule has 0 radical (unpaired) electrons. The van der Waals surface area contributed by atoms with Gasteiger partial charge in [0.2, 0.25) is 0 Å². The van der Waals surface area contributed by atoms with Gasteiger partial charge in [-0.2, -0.15) is 5.53 Å². The minimum Gasteiger partial charge on any atom is -0.306 e. The molecule has 0 aliphatic heterocycles. The van der Waals surface area contributed by atoms with Gasteiger partial charge in [-0.25, -0.2) is 10.2 Å². The van der Waals surface area contributed by atoms with Crippen LogP contribution >= 0.6 is 11.6 Å². The maximum atomic E-state index is 11.0. The molecule has 2 amide bonds. The quantitative estimate of drug-likeness (QED) is 0.512. The molecule has 0 aromatic heterocycles. The van der Waals surface area contributed by atoms with Gasteiger partial charge in [0.05, 0.1) is 0 Å². The third-order valence-corrected chi connectivity index (χ3v) is 2.08. The molecule has 1 aromatic carbocycles. The molecule has 0 heterocycles. The number of carbonyl (C=O) groups excluding carboxylic acids is 1. The maximum Gasteiger partial charge on any atom is 0.340 e. The van der Waals surface area contributed by atoms with Gasteiger partial charge >= 0.3 is 6.03 Å². The predicted molar refractivity (Wildman–Crippen MR) is 53.5 cm³/mol. The minimum atomic E-state index is -0.564. The average molecular weight is 213 g/mol. The first-order chi connectivity index (χ1) is 6.65. The van der Waals surface area contributed by atoms with Gasteiger partial charge in [0, 0.05) is 10.7 Å². The Balaban J connectivity index is 2.81. The summed E-state index contributed by atoms with van der Waals surface area (Å²) >= 11 is 5.84. The molecular weight excluding hydrogens is 204 g/mol. The fourth-order valence-corrected chi connectivity index (χ4v) is 1.12. The second-order valence-corrected chi connectivity index (χ2v) is 3.00. The lowest BCUT2D eigenvalue weighted by molar-refractivity contribution is 0.251. The number of benzene rings is 1. The van der Waals surface area contributed by atoms with Crippen LogP contribution in [0, 0.1) is 12.5 Å². The van der Waals surface area contributed by atoms with Crippen molar-refractivity contribution in [2.75, 3.05) is 5.32 Å². The number of urea groups is 1. The Morgan fingerprint density at radius 2 is 2.29 bits per heavy atom. The van der Waals surface area contributed by atoms with Gasteiger partial charge in [-0.3, -0.25) is 0 Å². The number of hydrogen-bond acceptors (Lipinski definition) is 3. The molecule has 0 aliphatic rings. The van der Waals surface area contributed by atoms with Gasteiger partial charge in [0.15, 0.2) is 0 Å². The first-order valence-corrected chi connectivity index (χ1v) is 4.21. The second-order valence-electron chi connectivity index (χ2n) is 2.59. The van der Waals surface area contributed by atoms with Crippen LogP contribution in [0.5, 0.6) is 0 Å². The molecule has 6 heteroatoms. The number of rotatable bonds is 2. The Bertz CT molecular complexity index is 366. The molecule has 0 saturated heterocycles. The van der Waals surface area contributed by atoms with Crippen molar-refractivity contribution < 1.29 is 4.79 Å². The van der Waals surface area contributed by atoms with E-state index in [0.717, 1.165) is 5.56 Å². The van der Waals surface area contributed by atoms with Crippen molar-refractivity contribution in [1.29, 1.82) is 5.53 Å². The standard InChI is InChI=1S/C8H9ClN4O/c1-5-6(9)3-2-4-7(5)11-8(14)12-13-10/h2-4H,1H3,(H3,10,11,12,14). The number of hydrogen-bond donors (Lipinski definition) is 3. The largest absolute Gasteiger partial charge is 0.340 e. The predicted octanol–water partition coefficient (Wildman–Crippen LogP) is 2.72. The highest BCUT2D eigenvalue weighted by Gasteiger charge is 2.04. The molecule has 0 spiro atoms.